The minimum absolute atomic E-state index is 0.237. The van der Waals surface area contributed by atoms with Gasteiger partial charge in [-0.05, 0) is 48.6 Å². The number of hydrogen-bond donors (Lipinski definition) is 3. The number of sulfonamides is 1. The molecule has 1 aromatic carbocycles. The zero-order chi connectivity index (χ0) is 25.0. The van der Waals surface area contributed by atoms with E-state index in [1.165, 1.54) is 17.6 Å². The highest BCUT2D eigenvalue weighted by molar-refractivity contribution is 7.91. The van der Waals surface area contributed by atoms with Gasteiger partial charge in [-0.1, -0.05) is 29.8 Å². The summed E-state index contributed by atoms with van der Waals surface area (Å²) in [6.45, 7) is 0. The fourth-order valence-electron chi connectivity index (χ4n) is 3.79. The summed E-state index contributed by atoms with van der Waals surface area (Å²) in [4.78, 5) is 9.89. The van der Waals surface area contributed by atoms with Gasteiger partial charge in [0.25, 0.3) is 0 Å². The SMILES string of the molecule is C[S@](=N)(=O)c1ccnc(-c2cccc3cc([C@@H](NS(=O)(=O)C4CC4)c4nc(N)ccc4Cl)sc23)c1. The smallest absolute Gasteiger partial charge is 0.215 e. The van der Waals surface area contributed by atoms with Crippen molar-refractivity contribution >= 4 is 58.6 Å². The molecule has 4 N–H and O–H groups in total. The van der Waals surface area contributed by atoms with Crippen molar-refractivity contribution in [2.45, 2.75) is 29.0 Å². The van der Waals surface area contributed by atoms with Gasteiger partial charge in [0.05, 0.1) is 42.3 Å². The third-order valence-corrected chi connectivity index (χ3v) is 10.4. The molecule has 8 nitrogen and oxygen atoms in total. The Balaban J connectivity index is 1.66. The number of anilines is 1. The van der Waals surface area contributed by atoms with E-state index in [1.807, 2.05) is 24.3 Å². The van der Waals surface area contributed by atoms with E-state index in [0.29, 0.717) is 39.0 Å². The lowest BCUT2D eigenvalue weighted by Gasteiger charge is -2.18. The van der Waals surface area contributed by atoms with Crippen LogP contribution in [0.5, 0.6) is 0 Å². The molecular formula is C23H22ClN5O3S3. The third-order valence-electron chi connectivity index (χ3n) is 5.72. The normalized spacial score (nSPS) is 16.7. The van der Waals surface area contributed by atoms with E-state index in [1.54, 1.807) is 30.5 Å². The zero-order valence-corrected chi connectivity index (χ0v) is 21.8. The van der Waals surface area contributed by atoms with Crippen LogP contribution >= 0.6 is 22.9 Å². The molecule has 3 heterocycles. The first kappa shape index (κ1) is 24.1. The van der Waals surface area contributed by atoms with Crippen molar-refractivity contribution in [1.82, 2.24) is 14.7 Å². The molecule has 1 saturated carbocycles. The number of pyridine rings is 2. The molecule has 0 unspecified atom stereocenters. The number of rotatable bonds is 7. The molecule has 5 rings (SSSR count). The Labute approximate surface area is 212 Å². The highest BCUT2D eigenvalue weighted by Gasteiger charge is 2.38. The van der Waals surface area contributed by atoms with Crippen LogP contribution in [0.1, 0.15) is 29.5 Å². The average molecular weight is 548 g/mol. The van der Waals surface area contributed by atoms with Crippen molar-refractivity contribution in [2.75, 3.05) is 12.0 Å². The Kier molecular flexibility index (Phi) is 6.09. The Morgan fingerprint density at radius 3 is 2.66 bits per heavy atom. The molecule has 0 radical (unpaired) electrons. The summed E-state index contributed by atoms with van der Waals surface area (Å²) in [5, 5.41) is 0.770. The Hall–Kier alpha value is -2.57. The van der Waals surface area contributed by atoms with Crippen LogP contribution in [0.4, 0.5) is 5.82 Å². The molecule has 0 bridgehead atoms. The lowest BCUT2D eigenvalue weighted by Crippen LogP contribution is -2.32. The summed E-state index contributed by atoms with van der Waals surface area (Å²) in [6.07, 6.45) is 4.15. The van der Waals surface area contributed by atoms with Gasteiger partial charge in [-0.2, -0.15) is 0 Å². The van der Waals surface area contributed by atoms with Crippen molar-refractivity contribution in [2.24, 2.45) is 0 Å². The summed E-state index contributed by atoms with van der Waals surface area (Å²) in [5.74, 6) is 0.237. The molecule has 1 aliphatic carbocycles. The Morgan fingerprint density at radius 2 is 1.94 bits per heavy atom. The number of aromatic nitrogens is 2. The number of benzene rings is 1. The zero-order valence-electron chi connectivity index (χ0n) is 18.6. The summed E-state index contributed by atoms with van der Waals surface area (Å²) < 4.78 is 49.7. The van der Waals surface area contributed by atoms with Gasteiger partial charge in [0.15, 0.2) is 0 Å². The Morgan fingerprint density at radius 1 is 1.17 bits per heavy atom. The lowest BCUT2D eigenvalue weighted by atomic mass is 10.1. The van der Waals surface area contributed by atoms with E-state index in [4.69, 9.17) is 22.1 Å². The van der Waals surface area contributed by atoms with Crippen molar-refractivity contribution < 1.29 is 12.6 Å². The number of nitrogens with one attached hydrogen (secondary N) is 2. The van der Waals surface area contributed by atoms with E-state index in [0.717, 1.165) is 15.6 Å². The minimum atomic E-state index is -3.58. The van der Waals surface area contributed by atoms with Crippen molar-refractivity contribution in [1.29, 1.82) is 4.78 Å². The fourth-order valence-corrected chi connectivity index (χ4v) is 7.49. The van der Waals surface area contributed by atoms with Crippen molar-refractivity contribution in [3.8, 4) is 11.3 Å². The maximum Gasteiger partial charge on any atom is 0.215 e. The second-order valence-electron chi connectivity index (χ2n) is 8.49. The van der Waals surface area contributed by atoms with Crippen LogP contribution in [0.25, 0.3) is 21.3 Å². The van der Waals surface area contributed by atoms with E-state index in [2.05, 4.69) is 14.7 Å². The number of fused-ring (bicyclic) bond motifs is 1. The molecule has 1 aliphatic rings. The predicted molar refractivity (Wildman–Crippen MR) is 141 cm³/mol. The number of hydrogen-bond acceptors (Lipinski definition) is 8. The van der Waals surface area contributed by atoms with Crippen molar-refractivity contribution in [3.05, 3.63) is 70.3 Å². The van der Waals surface area contributed by atoms with E-state index >= 15 is 0 Å². The molecule has 4 aromatic rings. The summed E-state index contributed by atoms with van der Waals surface area (Å²) in [5.41, 5.74) is 7.62. The number of halogens is 1. The quantitative estimate of drug-likeness (QED) is 0.303. The summed E-state index contributed by atoms with van der Waals surface area (Å²) in [7, 11) is -6.49. The lowest BCUT2D eigenvalue weighted by molar-refractivity contribution is 0.570. The summed E-state index contributed by atoms with van der Waals surface area (Å²) in [6, 6.07) is 13.2. The monoisotopic (exact) mass is 547 g/mol. The van der Waals surface area contributed by atoms with E-state index in [9.17, 15) is 12.6 Å². The van der Waals surface area contributed by atoms with Gasteiger partial charge in [0.1, 0.15) is 5.82 Å². The summed E-state index contributed by atoms with van der Waals surface area (Å²) >= 11 is 7.85. The van der Waals surface area contributed by atoms with Crippen LogP contribution in [0.15, 0.2) is 59.6 Å². The van der Waals surface area contributed by atoms with Gasteiger partial charge in [-0.15, -0.1) is 11.3 Å². The maximum absolute atomic E-state index is 12.9. The van der Waals surface area contributed by atoms with Gasteiger partial charge in [-0.25, -0.2) is 27.1 Å². The molecule has 0 spiro atoms. The molecule has 2 atom stereocenters. The molecule has 1 fully saturated rings. The predicted octanol–water partition coefficient (Wildman–Crippen LogP) is 4.80. The fraction of sp³-hybridized carbons (Fsp3) is 0.217. The molecule has 12 heteroatoms. The second kappa shape index (κ2) is 8.82. The minimum Gasteiger partial charge on any atom is -0.384 e. The molecular weight excluding hydrogens is 526 g/mol. The standard InChI is InChI=1S/C23H22ClN5O3S3/c1-34(26,30)15-9-10-27-18(12-15)16-4-2-3-13-11-19(33-23(13)16)22(29-35(31,32)14-5-6-14)21-17(24)7-8-20(25)28-21/h2-4,7-12,14,22,26,29H,5-6H2,1H3,(H2,25,28)/t22-,34+/m1/s1. The Bertz CT molecular complexity index is 1660. The highest BCUT2D eigenvalue weighted by atomic mass is 35.5. The molecule has 0 saturated heterocycles. The first-order chi connectivity index (χ1) is 16.5. The van der Waals surface area contributed by atoms with E-state index < -0.39 is 31.0 Å². The third kappa shape index (κ3) is 4.91. The molecule has 0 aliphatic heterocycles. The van der Waals surface area contributed by atoms with Crippen LogP contribution in [0.3, 0.4) is 0 Å². The van der Waals surface area contributed by atoms with Gasteiger partial charge >= 0.3 is 0 Å². The van der Waals surface area contributed by atoms with Crippen molar-refractivity contribution in [3.63, 3.8) is 0 Å². The molecule has 0 amide bonds. The average Bonchev–Trinajstić information content (AvgIpc) is 3.58. The first-order valence-electron chi connectivity index (χ1n) is 10.7. The highest BCUT2D eigenvalue weighted by Crippen LogP contribution is 2.41. The first-order valence-corrected chi connectivity index (χ1v) is 15.4. The van der Waals surface area contributed by atoms with E-state index in [-0.39, 0.29) is 5.82 Å². The van der Waals surface area contributed by atoms with Gasteiger partial charge in [0, 0.05) is 27.6 Å². The van der Waals surface area contributed by atoms with Crippen LogP contribution in [0, 0.1) is 4.78 Å². The maximum atomic E-state index is 12.9. The van der Waals surface area contributed by atoms with Gasteiger partial charge < -0.3 is 5.73 Å². The number of thiophene rings is 1. The topological polar surface area (TPSA) is 139 Å². The molecule has 35 heavy (non-hydrogen) atoms. The van der Waals surface area contributed by atoms with Gasteiger partial charge in [-0.3, -0.25) is 4.98 Å². The van der Waals surface area contributed by atoms with Gasteiger partial charge in [0.2, 0.25) is 10.0 Å². The van der Waals surface area contributed by atoms with Crippen LogP contribution < -0.4 is 10.5 Å². The second-order valence-corrected chi connectivity index (χ2v) is 14.1. The number of nitrogens with two attached hydrogens (primary N) is 1. The number of nitrogen functional groups attached to an aromatic ring is 1. The largest absolute Gasteiger partial charge is 0.384 e. The molecule has 3 aromatic heterocycles. The van der Waals surface area contributed by atoms with Crippen LogP contribution in [0.2, 0.25) is 5.02 Å². The van der Waals surface area contributed by atoms with Crippen LogP contribution in [-0.4, -0.2) is 34.1 Å². The van der Waals surface area contributed by atoms with Crippen LogP contribution in [-0.2, 0) is 19.8 Å². The number of nitrogens with zero attached hydrogens (tertiary/aromatic N) is 2. The molecule has 182 valence electrons.